The minimum Gasteiger partial charge on any atom is -0.494 e. The highest BCUT2D eigenvalue weighted by molar-refractivity contribution is 6.09. The summed E-state index contributed by atoms with van der Waals surface area (Å²) in [5.41, 5.74) is -0.704. The maximum atomic E-state index is 13.0. The van der Waals surface area contributed by atoms with E-state index in [2.05, 4.69) is 10.2 Å². The largest absolute Gasteiger partial charge is 0.494 e. The number of carbonyl (C=O) groups excluding carboxylic acids is 2. The second-order valence-corrected chi connectivity index (χ2v) is 8.92. The van der Waals surface area contributed by atoms with Crippen molar-refractivity contribution < 1.29 is 18.7 Å². The third kappa shape index (κ3) is 3.80. The fourth-order valence-electron chi connectivity index (χ4n) is 6.04. The molecule has 0 saturated carbocycles. The van der Waals surface area contributed by atoms with Gasteiger partial charge in [-0.3, -0.25) is 19.8 Å². The molecule has 4 unspecified atom stereocenters. The maximum Gasteiger partial charge on any atom is 0.238 e. The van der Waals surface area contributed by atoms with Crippen LogP contribution in [0.2, 0.25) is 0 Å². The molecule has 3 aliphatic heterocycles. The van der Waals surface area contributed by atoms with Crippen molar-refractivity contribution in [2.24, 2.45) is 17.3 Å². The third-order valence-electron chi connectivity index (χ3n) is 7.42. The fourth-order valence-corrected chi connectivity index (χ4v) is 6.04. The van der Waals surface area contributed by atoms with E-state index in [9.17, 15) is 14.0 Å². The Bertz CT molecular complexity index is 889. The molecule has 5 nitrogen and oxygen atoms in total. The Morgan fingerprint density at radius 2 is 1.81 bits per heavy atom. The molecule has 3 fully saturated rings. The van der Waals surface area contributed by atoms with Crippen LogP contribution in [0, 0.1) is 23.1 Å². The molecule has 2 amide bonds. The van der Waals surface area contributed by atoms with Crippen molar-refractivity contribution in [2.45, 2.75) is 44.2 Å². The van der Waals surface area contributed by atoms with E-state index in [4.69, 9.17) is 4.74 Å². The molecule has 0 spiro atoms. The van der Waals surface area contributed by atoms with Crippen LogP contribution < -0.4 is 10.1 Å². The number of imide groups is 1. The molecule has 1 aliphatic carbocycles. The number of fused-ring (bicyclic) bond motifs is 3. The first kappa shape index (κ1) is 22.0. The lowest BCUT2D eigenvalue weighted by Crippen LogP contribution is -2.51. The number of nitrogens with one attached hydrogen (secondary N) is 1. The molecule has 1 aromatic rings. The number of hydrogen-bond donors (Lipinski definition) is 1. The quantitative estimate of drug-likeness (QED) is 0.535. The molecule has 2 bridgehead atoms. The molecular weight excluding hydrogens is 419 g/mol. The van der Waals surface area contributed by atoms with Gasteiger partial charge in [-0.05, 0) is 62.3 Å². The van der Waals surface area contributed by atoms with E-state index < -0.39 is 5.41 Å². The van der Waals surface area contributed by atoms with Gasteiger partial charge in [0, 0.05) is 18.6 Å². The van der Waals surface area contributed by atoms with Gasteiger partial charge < -0.3 is 4.74 Å². The van der Waals surface area contributed by atoms with Gasteiger partial charge in [0.1, 0.15) is 11.6 Å². The molecule has 4 atom stereocenters. The van der Waals surface area contributed by atoms with Crippen LogP contribution in [0.3, 0.4) is 0 Å². The van der Waals surface area contributed by atoms with Crippen LogP contribution in [0.25, 0.3) is 0 Å². The lowest BCUT2D eigenvalue weighted by molar-refractivity contribution is -0.130. The standard InChI is InChI=1S/C24H27FN2O3.ClH/c25-17-5-9-20(10-6-17)30-13-3-12-27-18-7-8-19(27)15-16(14-18)24-11-2-1-4-21(24)22(28)26-23(24)29;/h1-2,4-6,9-11,16,18-19,21H,3,7-8,12-15H2,(H,26,28,29);1H. The fraction of sp³-hybridized carbons (Fsp3) is 0.500. The molecule has 31 heavy (non-hydrogen) atoms. The first-order chi connectivity index (χ1) is 14.6. The highest BCUT2D eigenvalue weighted by Crippen LogP contribution is 2.53. The molecule has 1 aromatic carbocycles. The smallest absolute Gasteiger partial charge is 0.238 e. The van der Waals surface area contributed by atoms with Gasteiger partial charge in [-0.15, -0.1) is 12.4 Å². The molecule has 1 N–H and O–H groups in total. The van der Waals surface area contributed by atoms with E-state index in [0.717, 1.165) is 38.6 Å². The highest BCUT2D eigenvalue weighted by Gasteiger charge is 2.60. The van der Waals surface area contributed by atoms with Gasteiger partial charge in [-0.25, -0.2) is 4.39 Å². The number of amides is 2. The van der Waals surface area contributed by atoms with Crippen molar-refractivity contribution in [2.75, 3.05) is 13.2 Å². The highest BCUT2D eigenvalue weighted by atomic mass is 35.5. The van der Waals surface area contributed by atoms with Gasteiger partial charge in [0.2, 0.25) is 11.8 Å². The number of benzene rings is 1. The van der Waals surface area contributed by atoms with Crippen LogP contribution in [0.1, 0.15) is 32.1 Å². The lowest BCUT2D eigenvalue weighted by atomic mass is 9.62. The average Bonchev–Trinajstić information content (AvgIpc) is 3.14. The van der Waals surface area contributed by atoms with Crippen LogP contribution in [0.15, 0.2) is 48.6 Å². The summed E-state index contributed by atoms with van der Waals surface area (Å²) in [5.74, 6) is -0.0203. The Morgan fingerprint density at radius 3 is 2.52 bits per heavy atom. The molecule has 5 rings (SSSR count). The number of allylic oxidation sites excluding steroid dienone is 2. The van der Waals surface area contributed by atoms with Gasteiger partial charge in [-0.2, -0.15) is 0 Å². The molecule has 7 heteroatoms. The van der Waals surface area contributed by atoms with E-state index in [1.54, 1.807) is 12.1 Å². The Labute approximate surface area is 188 Å². The molecule has 4 aliphatic rings. The van der Waals surface area contributed by atoms with Crippen molar-refractivity contribution in [3.63, 3.8) is 0 Å². The van der Waals surface area contributed by atoms with Crippen molar-refractivity contribution in [3.8, 4) is 5.75 Å². The Morgan fingerprint density at radius 1 is 1.10 bits per heavy atom. The summed E-state index contributed by atoms with van der Waals surface area (Å²) in [4.78, 5) is 27.8. The summed E-state index contributed by atoms with van der Waals surface area (Å²) in [6, 6.07) is 7.04. The van der Waals surface area contributed by atoms with E-state index in [-0.39, 0.29) is 41.9 Å². The van der Waals surface area contributed by atoms with Gasteiger partial charge in [-0.1, -0.05) is 24.3 Å². The number of rotatable bonds is 6. The average molecular weight is 447 g/mol. The SMILES string of the molecule is Cl.O=C1NC(=O)C2(C3CC4CCC(C3)N4CCCOc3ccc(F)cc3)C=CC=CC12. The van der Waals surface area contributed by atoms with Crippen LogP contribution in [0.5, 0.6) is 5.75 Å². The minimum absolute atomic E-state index is 0. The number of nitrogens with zero attached hydrogens (tertiary/aromatic N) is 1. The molecule has 3 saturated heterocycles. The number of piperidine rings is 1. The predicted octanol–water partition coefficient (Wildman–Crippen LogP) is 3.64. The predicted molar refractivity (Wildman–Crippen MR) is 117 cm³/mol. The first-order valence-corrected chi connectivity index (χ1v) is 10.9. The zero-order valence-corrected chi connectivity index (χ0v) is 18.2. The molecule has 166 valence electrons. The van der Waals surface area contributed by atoms with Crippen LogP contribution in [0.4, 0.5) is 4.39 Å². The second kappa shape index (κ2) is 8.75. The molecule has 0 aromatic heterocycles. The number of ether oxygens (including phenoxy) is 1. The summed E-state index contributed by atoms with van der Waals surface area (Å²) in [6.07, 6.45) is 12.8. The molecule has 0 radical (unpaired) electrons. The van der Waals surface area contributed by atoms with Crippen molar-refractivity contribution >= 4 is 24.2 Å². The summed E-state index contributed by atoms with van der Waals surface area (Å²) < 4.78 is 18.7. The molecular formula is C24H28ClFN2O3. The van der Waals surface area contributed by atoms with Crippen molar-refractivity contribution in [1.82, 2.24) is 10.2 Å². The minimum atomic E-state index is -0.704. The van der Waals surface area contributed by atoms with E-state index in [0.29, 0.717) is 24.4 Å². The monoisotopic (exact) mass is 446 g/mol. The second-order valence-electron chi connectivity index (χ2n) is 8.92. The normalized spacial score (nSPS) is 33.7. The van der Waals surface area contributed by atoms with Gasteiger partial charge in [0.25, 0.3) is 0 Å². The topological polar surface area (TPSA) is 58.6 Å². The van der Waals surface area contributed by atoms with Gasteiger partial charge >= 0.3 is 0 Å². The van der Waals surface area contributed by atoms with Crippen LogP contribution >= 0.6 is 12.4 Å². The zero-order chi connectivity index (χ0) is 20.7. The number of hydrogen-bond acceptors (Lipinski definition) is 4. The summed E-state index contributed by atoms with van der Waals surface area (Å²) >= 11 is 0. The van der Waals surface area contributed by atoms with E-state index in [1.165, 1.54) is 12.1 Å². The summed E-state index contributed by atoms with van der Waals surface area (Å²) in [7, 11) is 0. The summed E-state index contributed by atoms with van der Waals surface area (Å²) in [5, 5.41) is 2.59. The van der Waals surface area contributed by atoms with Crippen LogP contribution in [-0.2, 0) is 9.59 Å². The first-order valence-electron chi connectivity index (χ1n) is 10.9. The van der Waals surface area contributed by atoms with Crippen LogP contribution in [-0.4, -0.2) is 41.9 Å². The Balaban J connectivity index is 0.00000231. The van der Waals surface area contributed by atoms with E-state index >= 15 is 0 Å². The van der Waals surface area contributed by atoms with Crippen molar-refractivity contribution in [3.05, 3.63) is 54.4 Å². The number of carbonyl (C=O) groups is 2. The Hall–Kier alpha value is -2.18. The molecule has 3 heterocycles. The van der Waals surface area contributed by atoms with Crippen molar-refractivity contribution in [1.29, 1.82) is 0 Å². The van der Waals surface area contributed by atoms with Gasteiger partial charge in [0.05, 0.1) is 17.9 Å². The third-order valence-corrected chi connectivity index (χ3v) is 7.42. The maximum absolute atomic E-state index is 13.0. The number of halogens is 2. The van der Waals surface area contributed by atoms with E-state index in [1.807, 2.05) is 24.3 Å². The summed E-state index contributed by atoms with van der Waals surface area (Å²) in [6.45, 7) is 1.56. The zero-order valence-electron chi connectivity index (χ0n) is 17.3. The lowest BCUT2D eigenvalue weighted by Gasteiger charge is -2.45. The van der Waals surface area contributed by atoms with Gasteiger partial charge in [0.15, 0.2) is 0 Å². The Kier molecular flexibility index (Phi) is 6.22.